The highest BCUT2D eigenvalue weighted by Crippen LogP contribution is 2.31. The van der Waals surface area contributed by atoms with Crippen LogP contribution in [0.25, 0.3) is 33.4 Å². The first kappa shape index (κ1) is 16.0. The highest BCUT2D eigenvalue weighted by Gasteiger charge is 2.33. The van der Waals surface area contributed by atoms with Crippen LogP contribution < -0.4 is 4.90 Å². The molecule has 28 heavy (non-hydrogen) atoms. The number of ether oxygens (including phenoxy) is 1. The van der Waals surface area contributed by atoms with Gasteiger partial charge in [-0.1, -0.05) is 0 Å². The van der Waals surface area contributed by atoms with Gasteiger partial charge >= 0.3 is 0 Å². The summed E-state index contributed by atoms with van der Waals surface area (Å²) in [5, 5.41) is 0. The zero-order valence-corrected chi connectivity index (χ0v) is 15.6. The molecule has 0 saturated carbocycles. The fourth-order valence-electron chi connectivity index (χ4n) is 4.36. The number of aryl methyl sites for hydroxylation is 1. The third-order valence-electron chi connectivity index (χ3n) is 5.72. The summed E-state index contributed by atoms with van der Waals surface area (Å²) in [6.07, 6.45) is 4.99. The van der Waals surface area contributed by atoms with Crippen LogP contribution in [0.4, 0.5) is 5.69 Å². The van der Waals surface area contributed by atoms with E-state index in [0.717, 1.165) is 65.0 Å². The number of nitrogens with zero attached hydrogens (tertiary/aromatic N) is 4. The molecule has 2 fully saturated rings. The van der Waals surface area contributed by atoms with E-state index in [-0.39, 0.29) is 0 Å². The molecular weight excluding hydrogens is 352 g/mol. The van der Waals surface area contributed by atoms with Crippen LogP contribution >= 0.6 is 0 Å². The fraction of sp³-hybridized carbons (Fsp3) is 0.318. The molecular formula is C22H20N4O2. The van der Waals surface area contributed by atoms with Gasteiger partial charge in [-0.2, -0.15) is 0 Å². The van der Waals surface area contributed by atoms with E-state index in [9.17, 15) is 0 Å². The molecule has 140 valence electrons. The van der Waals surface area contributed by atoms with Gasteiger partial charge < -0.3 is 14.1 Å². The van der Waals surface area contributed by atoms with Gasteiger partial charge in [0.2, 0.25) is 0 Å². The molecule has 0 N–H and O–H groups in total. The second-order valence-electron chi connectivity index (χ2n) is 7.71. The van der Waals surface area contributed by atoms with Crippen molar-refractivity contribution >= 4 is 27.8 Å². The van der Waals surface area contributed by atoms with Gasteiger partial charge in [0.1, 0.15) is 5.52 Å². The lowest BCUT2D eigenvalue weighted by Crippen LogP contribution is -2.42. The Morgan fingerprint density at radius 2 is 1.79 bits per heavy atom. The molecule has 0 spiro atoms. The third-order valence-corrected chi connectivity index (χ3v) is 5.72. The lowest BCUT2D eigenvalue weighted by atomic mass is 10.1. The van der Waals surface area contributed by atoms with E-state index in [2.05, 4.69) is 20.9 Å². The molecule has 4 aromatic rings. The molecule has 0 aliphatic carbocycles. The van der Waals surface area contributed by atoms with Crippen molar-refractivity contribution in [3.8, 4) is 11.3 Å². The van der Waals surface area contributed by atoms with Crippen molar-refractivity contribution < 1.29 is 9.15 Å². The van der Waals surface area contributed by atoms with E-state index >= 15 is 0 Å². The summed E-state index contributed by atoms with van der Waals surface area (Å²) in [4.78, 5) is 16.3. The van der Waals surface area contributed by atoms with E-state index in [1.165, 1.54) is 0 Å². The fourth-order valence-corrected chi connectivity index (χ4v) is 4.36. The van der Waals surface area contributed by atoms with Crippen LogP contribution in [0.15, 0.2) is 47.0 Å². The van der Waals surface area contributed by atoms with Crippen LogP contribution in [-0.4, -0.2) is 40.2 Å². The number of anilines is 1. The van der Waals surface area contributed by atoms with Gasteiger partial charge in [-0.25, -0.2) is 9.97 Å². The summed E-state index contributed by atoms with van der Waals surface area (Å²) in [6, 6.07) is 12.2. The number of rotatable bonds is 2. The Hall–Kier alpha value is -2.99. The van der Waals surface area contributed by atoms with E-state index in [1.807, 2.05) is 43.5 Å². The number of aromatic nitrogens is 3. The summed E-state index contributed by atoms with van der Waals surface area (Å²) in [5.74, 6) is 0.673. The minimum absolute atomic E-state index is 0.353. The van der Waals surface area contributed by atoms with Crippen LogP contribution in [0, 0.1) is 6.92 Å². The van der Waals surface area contributed by atoms with Crippen molar-refractivity contribution in [1.29, 1.82) is 0 Å². The Labute approximate surface area is 162 Å². The van der Waals surface area contributed by atoms with Gasteiger partial charge in [-0.3, -0.25) is 4.98 Å². The SMILES string of the molecule is Cc1nc2cc(-c3ccc4ncc(N5CC6CCC(C5)O6)cc4n3)ccc2o1. The monoisotopic (exact) mass is 372 g/mol. The highest BCUT2D eigenvalue weighted by molar-refractivity contribution is 5.84. The summed E-state index contributed by atoms with van der Waals surface area (Å²) in [5.41, 5.74) is 6.53. The van der Waals surface area contributed by atoms with E-state index < -0.39 is 0 Å². The second-order valence-corrected chi connectivity index (χ2v) is 7.71. The maximum absolute atomic E-state index is 5.96. The van der Waals surface area contributed by atoms with Crippen LogP contribution in [0.5, 0.6) is 0 Å². The maximum atomic E-state index is 5.96. The molecule has 6 nitrogen and oxygen atoms in total. The Bertz CT molecular complexity index is 1190. The molecule has 2 saturated heterocycles. The molecule has 3 aromatic heterocycles. The Morgan fingerprint density at radius 1 is 0.929 bits per heavy atom. The highest BCUT2D eigenvalue weighted by atomic mass is 16.5. The first-order valence-electron chi connectivity index (χ1n) is 9.76. The minimum Gasteiger partial charge on any atom is -0.441 e. The van der Waals surface area contributed by atoms with Gasteiger partial charge in [0.25, 0.3) is 0 Å². The first-order valence-corrected chi connectivity index (χ1v) is 9.76. The van der Waals surface area contributed by atoms with Crippen molar-refractivity contribution in [3.05, 3.63) is 48.5 Å². The molecule has 2 atom stereocenters. The quantitative estimate of drug-likeness (QED) is 0.527. The molecule has 6 heteroatoms. The minimum atomic E-state index is 0.353. The normalized spacial score (nSPS) is 21.7. The summed E-state index contributed by atoms with van der Waals surface area (Å²) < 4.78 is 11.5. The molecule has 0 amide bonds. The zero-order valence-electron chi connectivity index (χ0n) is 15.6. The standard InChI is InChI=1S/C22H20N4O2/c1-13-24-21-8-14(2-7-22(21)27-13)18-5-6-19-20(25-18)9-15(10-23-19)26-11-16-3-4-17(12-26)28-16/h2,5-10,16-17H,3-4,11-12H2,1H3. The third kappa shape index (κ3) is 2.64. The largest absolute Gasteiger partial charge is 0.441 e. The second kappa shape index (κ2) is 6.01. The molecule has 2 aliphatic rings. The number of hydrogen-bond acceptors (Lipinski definition) is 6. The van der Waals surface area contributed by atoms with Crippen LogP contribution in [-0.2, 0) is 4.74 Å². The van der Waals surface area contributed by atoms with E-state index in [0.29, 0.717) is 18.1 Å². The smallest absolute Gasteiger partial charge is 0.192 e. The van der Waals surface area contributed by atoms with E-state index in [1.54, 1.807) is 0 Å². The van der Waals surface area contributed by atoms with Crippen molar-refractivity contribution in [2.75, 3.05) is 18.0 Å². The Morgan fingerprint density at radius 3 is 2.64 bits per heavy atom. The molecule has 2 unspecified atom stereocenters. The van der Waals surface area contributed by atoms with Gasteiger partial charge in [0.15, 0.2) is 11.5 Å². The number of oxazole rings is 1. The van der Waals surface area contributed by atoms with E-state index in [4.69, 9.17) is 14.1 Å². The van der Waals surface area contributed by atoms with Crippen molar-refractivity contribution in [2.24, 2.45) is 0 Å². The molecule has 2 aliphatic heterocycles. The molecule has 5 heterocycles. The maximum Gasteiger partial charge on any atom is 0.192 e. The lowest BCUT2D eigenvalue weighted by Gasteiger charge is -2.33. The Balaban J connectivity index is 1.39. The predicted octanol–water partition coefficient (Wildman–Crippen LogP) is 4.11. The lowest BCUT2D eigenvalue weighted by molar-refractivity contribution is 0.0305. The number of morpholine rings is 1. The summed E-state index contributed by atoms with van der Waals surface area (Å²) >= 11 is 0. The number of hydrogen-bond donors (Lipinski definition) is 0. The van der Waals surface area contributed by atoms with Gasteiger partial charge in [-0.05, 0) is 49.2 Å². The topological polar surface area (TPSA) is 64.3 Å². The molecule has 1 aromatic carbocycles. The Kier molecular flexibility index (Phi) is 3.43. The first-order chi connectivity index (χ1) is 13.7. The average molecular weight is 372 g/mol. The molecule has 6 rings (SSSR count). The van der Waals surface area contributed by atoms with Gasteiger partial charge in [0, 0.05) is 25.6 Å². The molecule has 2 bridgehead atoms. The van der Waals surface area contributed by atoms with Crippen LogP contribution in [0.1, 0.15) is 18.7 Å². The van der Waals surface area contributed by atoms with Gasteiger partial charge in [0.05, 0.1) is 40.8 Å². The van der Waals surface area contributed by atoms with Gasteiger partial charge in [-0.15, -0.1) is 0 Å². The molecule has 0 radical (unpaired) electrons. The average Bonchev–Trinajstić information content (AvgIpc) is 3.26. The van der Waals surface area contributed by atoms with Crippen LogP contribution in [0.3, 0.4) is 0 Å². The van der Waals surface area contributed by atoms with Crippen molar-refractivity contribution in [1.82, 2.24) is 15.0 Å². The van der Waals surface area contributed by atoms with Crippen molar-refractivity contribution in [3.63, 3.8) is 0 Å². The van der Waals surface area contributed by atoms with Crippen LogP contribution in [0.2, 0.25) is 0 Å². The number of fused-ring (bicyclic) bond motifs is 4. The predicted molar refractivity (Wildman–Crippen MR) is 107 cm³/mol. The number of pyridine rings is 2. The summed E-state index contributed by atoms with van der Waals surface area (Å²) in [7, 11) is 0. The summed E-state index contributed by atoms with van der Waals surface area (Å²) in [6.45, 7) is 3.73. The zero-order chi connectivity index (χ0) is 18.7. The number of benzene rings is 1. The van der Waals surface area contributed by atoms with Crippen molar-refractivity contribution in [2.45, 2.75) is 32.0 Å².